The Kier molecular flexibility index (Phi) is 5.19. The van der Waals surface area contributed by atoms with Gasteiger partial charge in [-0.1, -0.05) is 30.3 Å². The minimum Gasteiger partial charge on any atom is -0.343 e. The number of benzene rings is 1. The number of rotatable bonds is 3. The SMILES string of the molecule is CC(=O)N1CCC(C(=O)N2C[C@@H](CN)[C@H](c3ccccc3)C2)CC1. The number of amides is 2. The summed E-state index contributed by atoms with van der Waals surface area (Å²) in [6.45, 7) is 5.11. The molecule has 0 spiro atoms. The summed E-state index contributed by atoms with van der Waals surface area (Å²) in [6, 6.07) is 10.4. The largest absolute Gasteiger partial charge is 0.343 e. The number of hydrogen-bond donors (Lipinski definition) is 1. The number of hydrogen-bond acceptors (Lipinski definition) is 3. The van der Waals surface area contributed by atoms with Gasteiger partial charge in [0.15, 0.2) is 0 Å². The van der Waals surface area contributed by atoms with Gasteiger partial charge in [-0.05, 0) is 30.9 Å². The Morgan fingerprint density at radius 3 is 2.33 bits per heavy atom. The second-order valence-electron chi connectivity index (χ2n) is 7.04. The summed E-state index contributed by atoms with van der Waals surface area (Å²) in [4.78, 5) is 28.2. The second-order valence-corrected chi connectivity index (χ2v) is 7.04. The molecule has 0 radical (unpaired) electrons. The molecule has 0 aromatic heterocycles. The van der Waals surface area contributed by atoms with Gasteiger partial charge in [-0.2, -0.15) is 0 Å². The van der Waals surface area contributed by atoms with Crippen molar-refractivity contribution in [2.75, 3.05) is 32.7 Å². The van der Waals surface area contributed by atoms with Crippen molar-refractivity contribution >= 4 is 11.8 Å². The first kappa shape index (κ1) is 17.0. The van der Waals surface area contributed by atoms with Gasteiger partial charge >= 0.3 is 0 Å². The van der Waals surface area contributed by atoms with Gasteiger partial charge in [-0.3, -0.25) is 9.59 Å². The van der Waals surface area contributed by atoms with Crippen LogP contribution < -0.4 is 5.73 Å². The number of nitrogens with zero attached hydrogens (tertiary/aromatic N) is 2. The lowest BCUT2D eigenvalue weighted by Crippen LogP contribution is -2.43. The van der Waals surface area contributed by atoms with E-state index in [0.717, 1.165) is 25.9 Å². The lowest BCUT2D eigenvalue weighted by Gasteiger charge is -2.32. The van der Waals surface area contributed by atoms with Crippen molar-refractivity contribution in [1.29, 1.82) is 0 Å². The molecule has 2 aliphatic heterocycles. The van der Waals surface area contributed by atoms with Crippen LogP contribution in [0.15, 0.2) is 30.3 Å². The van der Waals surface area contributed by atoms with Crippen LogP contribution in [0.5, 0.6) is 0 Å². The second kappa shape index (κ2) is 7.34. The number of likely N-dealkylation sites (tertiary alicyclic amines) is 2. The van der Waals surface area contributed by atoms with E-state index in [1.807, 2.05) is 28.0 Å². The van der Waals surface area contributed by atoms with Gasteiger partial charge < -0.3 is 15.5 Å². The molecule has 1 aromatic carbocycles. The van der Waals surface area contributed by atoms with E-state index in [9.17, 15) is 9.59 Å². The van der Waals surface area contributed by atoms with Crippen LogP contribution in [-0.2, 0) is 9.59 Å². The highest BCUT2D eigenvalue weighted by Gasteiger charge is 2.38. The van der Waals surface area contributed by atoms with Crippen LogP contribution in [0.2, 0.25) is 0 Å². The van der Waals surface area contributed by atoms with E-state index in [2.05, 4.69) is 12.1 Å². The summed E-state index contributed by atoms with van der Waals surface area (Å²) in [6.07, 6.45) is 1.55. The summed E-state index contributed by atoms with van der Waals surface area (Å²) < 4.78 is 0. The normalized spacial score (nSPS) is 25.1. The molecular weight excluding hydrogens is 302 g/mol. The molecule has 3 rings (SSSR count). The van der Waals surface area contributed by atoms with Crippen molar-refractivity contribution < 1.29 is 9.59 Å². The molecular formula is C19H27N3O2. The molecule has 2 atom stereocenters. The Labute approximate surface area is 143 Å². The van der Waals surface area contributed by atoms with E-state index in [1.54, 1.807) is 6.92 Å². The summed E-state index contributed by atoms with van der Waals surface area (Å²) in [5.41, 5.74) is 7.24. The molecule has 130 valence electrons. The van der Waals surface area contributed by atoms with Crippen LogP contribution in [0.1, 0.15) is 31.2 Å². The summed E-state index contributed by atoms with van der Waals surface area (Å²) in [5.74, 6) is 1.06. The van der Waals surface area contributed by atoms with Crippen molar-refractivity contribution in [2.45, 2.75) is 25.7 Å². The topological polar surface area (TPSA) is 66.6 Å². The van der Waals surface area contributed by atoms with Crippen molar-refractivity contribution in [3.05, 3.63) is 35.9 Å². The molecule has 2 fully saturated rings. The standard InChI is InChI=1S/C19H27N3O2/c1-14(23)21-9-7-16(8-10-21)19(24)22-12-17(11-20)18(13-22)15-5-3-2-4-6-15/h2-6,16-18H,7-13,20H2,1H3/t17-,18+/m1/s1. The monoisotopic (exact) mass is 329 g/mol. The van der Waals surface area contributed by atoms with Gasteiger partial charge in [0.05, 0.1) is 0 Å². The average Bonchev–Trinajstić information content (AvgIpc) is 3.06. The molecule has 0 saturated carbocycles. The predicted octanol–water partition coefficient (Wildman–Crippen LogP) is 1.45. The Hall–Kier alpha value is -1.88. The Bertz CT molecular complexity index is 582. The smallest absolute Gasteiger partial charge is 0.225 e. The molecule has 0 bridgehead atoms. The van der Waals surface area contributed by atoms with E-state index in [0.29, 0.717) is 31.5 Å². The highest BCUT2D eigenvalue weighted by molar-refractivity contribution is 5.80. The lowest BCUT2D eigenvalue weighted by atomic mass is 9.89. The molecule has 24 heavy (non-hydrogen) atoms. The molecule has 0 unspecified atom stereocenters. The van der Waals surface area contributed by atoms with Gasteiger partial charge in [0.2, 0.25) is 11.8 Å². The lowest BCUT2D eigenvalue weighted by molar-refractivity contribution is -0.139. The fraction of sp³-hybridized carbons (Fsp3) is 0.579. The number of carbonyl (C=O) groups is 2. The van der Waals surface area contributed by atoms with Crippen LogP contribution in [0, 0.1) is 11.8 Å². The van der Waals surface area contributed by atoms with Gasteiger partial charge in [-0.15, -0.1) is 0 Å². The fourth-order valence-corrected chi connectivity index (χ4v) is 4.07. The first-order chi connectivity index (χ1) is 11.6. The van der Waals surface area contributed by atoms with Crippen LogP contribution in [0.3, 0.4) is 0 Å². The maximum absolute atomic E-state index is 12.9. The quantitative estimate of drug-likeness (QED) is 0.913. The van der Waals surface area contributed by atoms with Crippen molar-refractivity contribution in [1.82, 2.24) is 9.80 Å². The third-order valence-electron chi connectivity index (χ3n) is 5.57. The average molecular weight is 329 g/mol. The highest BCUT2D eigenvalue weighted by Crippen LogP contribution is 2.33. The minimum atomic E-state index is 0.0496. The first-order valence-corrected chi connectivity index (χ1v) is 8.89. The molecule has 2 amide bonds. The zero-order valence-electron chi connectivity index (χ0n) is 14.4. The fourth-order valence-electron chi connectivity index (χ4n) is 4.07. The first-order valence-electron chi connectivity index (χ1n) is 8.89. The third kappa shape index (κ3) is 3.46. The molecule has 5 heteroatoms. The number of carbonyl (C=O) groups excluding carboxylic acids is 2. The molecule has 2 N–H and O–H groups in total. The Morgan fingerprint density at radius 1 is 1.08 bits per heavy atom. The number of piperidine rings is 1. The maximum atomic E-state index is 12.9. The Balaban J connectivity index is 1.63. The van der Waals surface area contributed by atoms with E-state index >= 15 is 0 Å². The molecule has 1 aromatic rings. The maximum Gasteiger partial charge on any atom is 0.225 e. The van der Waals surface area contributed by atoms with Crippen LogP contribution in [0.25, 0.3) is 0 Å². The molecule has 0 aliphatic carbocycles. The van der Waals surface area contributed by atoms with E-state index in [4.69, 9.17) is 5.73 Å². The van der Waals surface area contributed by atoms with Crippen molar-refractivity contribution in [3.63, 3.8) is 0 Å². The van der Waals surface area contributed by atoms with E-state index < -0.39 is 0 Å². The van der Waals surface area contributed by atoms with Crippen molar-refractivity contribution in [2.24, 2.45) is 17.6 Å². The van der Waals surface area contributed by atoms with E-state index in [1.165, 1.54) is 5.56 Å². The molecule has 2 heterocycles. The van der Waals surface area contributed by atoms with Crippen LogP contribution in [0.4, 0.5) is 0 Å². The minimum absolute atomic E-state index is 0.0496. The summed E-state index contributed by atoms with van der Waals surface area (Å²) >= 11 is 0. The van der Waals surface area contributed by atoms with Crippen LogP contribution >= 0.6 is 0 Å². The summed E-state index contributed by atoms with van der Waals surface area (Å²) in [7, 11) is 0. The van der Waals surface area contributed by atoms with Gasteiger partial charge in [0, 0.05) is 44.9 Å². The van der Waals surface area contributed by atoms with Gasteiger partial charge in [-0.25, -0.2) is 0 Å². The summed E-state index contributed by atoms with van der Waals surface area (Å²) in [5, 5.41) is 0. The zero-order valence-corrected chi connectivity index (χ0v) is 14.4. The number of nitrogens with two attached hydrogens (primary N) is 1. The van der Waals surface area contributed by atoms with Gasteiger partial charge in [0.25, 0.3) is 0 Å². The molecule has 2 saturated heterocycles. The van der Waals surface area contributed by atoms with Crippen LogP contribution in [-0.4, -0.2) is 54.3 Å². The Morgan fingerprint density at radius 2 is 1.75 bits per heavy atom. The molecule has 2 aliphatic rings. The zero-order chi connectivity index (χ0) is 17.1. The molecule has 5 nitrogen and oxygen atoms in total. The van der Waals surface area contributed by atoms with E-state index in [-0.39, 0.29) is 17.7 Å². The third-order valence-corrected chi connectivity index (χ3v) is 5.57. The van der Waals surface area contributed by atoms with Gasteiger partial charge in [0.1, 0.15) is 0 Å². The highest BCUT2D eigenvalue weighted by atomic mass is 16.2. The van der Waals surface area contributed by atoms with Crippen molar-refractivity contribution in [3.8, 4) is 0 Å². The predicted molar refractivity (Wildman–Crippen MR) is 93.3 cm³/mol.